The predicted molar refractivity (Wildman–Crippen MR) is 130 cm³/mol. The maximum absolute atomic E-state index is 15.6. The third-order valence-electron chi connectivity index (χ3n) is 6.52. The number of halogens is 2. The third-order valence-corrected chi connectivity index (χ3v) is 6.52. The first-order chi connectivity index (χ1) is 17.7. The quantitative estimate of drug-likeness (QED) is 0.361. The van der Waals surface area contributed by atoms with E-state index in [1.54, 1.807) is 47.5 Å². The highest BCUT2D eigenvalue weighted by Gasteiger charge is 2.34. The zero-order valence-corrected chi connectivity index (χ0v) is 20.3. The fourth-order valence-electron chi connectivity index (χ4n) is 4.64. The van der Waals surface area contributed by atoms with Crippen molar-refractivity contribution in [2.24, 2.45) is 0 Å². The molecule has 5 heterocycles. The van der Waals surface area contributed by atoms with E-state index in [1.165, 1.54) is 6.33 Å². The average Bonchev–Trinajstić information content (AvgIpc) is 3.16. The second-order valence-corrected chi connectivity index (χ2v) is 10.1. The molecule has 2 aliphatic rings. The van der Waals surface area contributed by atoms with Crippen molar-refractivity contribution in [3.8, 4) is 11.8 Å². The number of imidazole rings is 1. The molecule has 1 fully saturated rings. The lowest BCUT2D eigenvalue weighted by molar-refractivity contribution is 0.0935. The van der Waals surface area contributed by atoms with E-state index in [9.17, 15) is 14.3 Å². The first kappa shape index (κ1) is 23.4. The van der Waals surface area contributed by atoms with Gasteiger partial charge in [0, 0.05) is 24.4 Å². The maximum Gasteiger partial charge on any atom is 0.272 e. The highest BCUT2D eigenvalue weighted by atomic mass is 19.1. The fourth-order valence-corrected chi connectivity index (χ4v) is 4.64. The lowest BCUT2D eigenvalue weighted by Gasteiger charge is -2.17. The maximum atomic E-state index is 15.6. The molecule has 0 spiro atoms. The van der Waals surface area contributed by atoms with Gasteiger partial charge in [0.2, 0.25) is 0 Å². The van der Waals surface area contributed by atoms with Gasteiger partial charge in [0.05, 0.1) is 35.7 Å². The second kappa shape index (κ2) is 8.52. The summed E-state index contributed by atoms with van der Waals surface area (Å²) in [7, 11) is 0. The van der Waals surface area contributed by atoms with Gasteiger partial charge in [-0.25, -0.2) is 18.7 Å². The van der Waals surface area contributed by atoms with Crippen LogP contribution in [0.5, 0.6) is 0 Å². The number of nitrogens with one attached hydrogen (secondary N) is 2. The molecule has 1 saturated carbocycles. The van der Waals surface area contributed by atoms with E-state index in [0.29, 0.717) is 22.7 Å². The molecule has 1 aliphatic heterocycles. The van der Waals surface area contributed by atoms with Crippen molar-refractivity contribution in [1.29, 1.82) is 0 Å². The number of pyridine rings is 1. The number of nitrogens with zero attached hydrogens (tertiary/aromatic N) is 5. The van der Waals surface area contributed by atoms with Crippen LogP contribution in [0.1, 0.15) is 72.0 Å². The SMILES string of the molecule is CC(C)(O)C#Cc1cc(C(=O)N[C@H](c2ncn3c2C[C@@H](F)C3)c2[nH]c3ncccc3c2F)nn1C1CC1. The molecule has 4 aromatic heterocycles. The van der Waals surface area contributed by atoms with Gasteiger partial charge in [-0.05, 0) is 44.7 Å². The third kappa shape index (κ3) is 4.38. The smallest absolute Gasteiger partial charge is 0.272 e. The summed E-state index contributed by atoms with van der Waals surface area (Å²) in [5, 5.41) is 17.6. The van der Waals surface area contributed by atoms with E-state index in [0.717, 1.165) is 12.8 Å². The monoisotopic (exact) mass is 505 g/mol. The van der Waals surface area contributed by atoms with Gasteiger partial charge in [-0.2, -0.15) is 5.10 Å². The summed E-state index contributed by atoms with van der Waals surface area (Å²) in [4.78, 5) is 25.1. The minimum Gasteiger partial charge on any atom is -0.378 e. The number of alkyl halides is 1. The molecule has 3 N–H and O–H groups in total. The summed E-state index contributed by atoms with van der Waals surface area (Å²) in [5.74, 6) is 4.56. The van der Waals surface area contributed by atoms with Crippen LogP contribution in [0, 0.1) is 17.7 Å². The Morgan fingerprint density at radius 2 is 2.16 bits per heavy atom. The van der Waals surface area contributed by atoms with Crippen molar-refractivity contribution in [2.45, 2.75) is 63.5 Å². The number of hydrogen-bond donors (Lipinski definition) is 3. The zero-order valence-electron chi connectivity index (χ0n) is 20.3. The van der Waals surface area contributed by atoms with Crippen molar-refractivity contribution in [3.05, 3.63) is 65.0 Å². The molecule has 9 nitrogen and oxygen atoms in total. The van der Waals surface area contributed by atoms with E-state index >= 15 is 4.39 Å². The molecule has 1 amide bonds. The van der Waals surface area contributed by atoms with Crippen LogP contribution in [0.3, 0.4) is 0 Å². The lowest BCUT2D eigenvalue weighted by Crippen LogP contribution is -2.31. The molecule has 0 bridgehead atoms. The Morgan fingerprint density at radius 1 is 1.35 bits per heavy atom. The number of aliphatic hydroxyl groups is 1. The van der Waals surface area contributed by atoms with Gasteiger partial charge < -0.3 is 20.0 Å². The van der Waals surface area contributed by atoms with Gasteiger partial charge in [0.15, 0.2) is 11.5 Å². The van der Waals surface area contributed by atoms with E-state index in [2.05, 4.69) is 37.2 Å². The minimum absolute atomic E-state index is 0.0783. The first-order valence-corrected chi connectivity index (χ1v) is 12.1. The number of fused-ring (bicyclic) bond motifs is 2. The standard InChI is InChI=1S/C26H25F2N7O2/c1-26(2,37)8-7-16-11-18(33-35(16)15-5-6-15)25(36)32-23(21-19-10-14(27)12-34(19)13-30-21)22-20(28)17-4-3-9-29-24(17)31-22/h3-4,9,11,13-15,23,37H,5-6,10,12H2,1-2H3,(H,29,31)(H,32,36)/t14-,23-/m1/s1. The Labute approximate surface area is 210 Å². The number of aromatic nitrogens is 6. The Morgan fingerprint density at radius 3 is 2.89 bits per heavy atom. The highest BCUT2D eigenvalue weighted by molar-refractivity contribution is 5.93. The number of hydrogen-bond acceptors (Lipinski definition) is 5. The largest absolute Gasteiger partial charge is 0.378 e. The fraction of sp³-hybridized carbons (Fsp3) is 0.385. The van der Waals surface area contributed by atoms with Crippen LogP contribution in [0.4, 0.5) is 8.78 Å². The van der Waals surface area contributed by atoms with Crippen LogP contribution in [0.15, 0.2) is 30.7 Å². The number of H-pyrrole nitrogens is 1. The predicted octanol–water partition coefficient (Wildman–Crippen LogP) is 2.97. The van der Waals surface area contributed by atoms with Gasteiger partial charge in [-0.15, -0.1) is 0 Å². The van der Waals surface area contributed by atoms with E-state index < -0.39 is 29.5 Å². The lowest BCUT2D eigenvalue weighted by atomic mass is 10.1. The molecule has 0 saturated heterocycles. The van der Waals surface area contributed by atoms with Crippen LogP contribution >= 0.6 is 0 Å². The van der Waals surface area contributed by atoms with Gasteiger partial charge in [-0.1, -0.05) is 5.92 Å². The summed E-state index contributed by atoms with van der Waals surface area (Å²) < 4.78 is 33.1. The topological polar surface area (TPSA) is 114 Å². The van der Waals surface area contributed by atoms with Crippen molar-refractivity contribution in [2.75, 3.05) is 0 Å². The molecule has 0 radical (unpaired) electrons. The molecule has 190 valence electrons. The Hall–Kier alpha value is -4.04. The van der Waals surface area contributed by atoms with Crippen molar-refractivity contribution >= 4 is 16.9 Å². The molecule has 2 atom stereocenters. The summed E-state index contributed by atoms with van der Waals surface area (Å²) >= 11 is 0. The van der Waals surface area contributed by atoms with Crippen LogP contribution in [-0.2, 0) is 13.0 Å². The van der Waals surface area contributed by atoms with Crippen molar-refractivity contribution in [3.63, 3.8) is 0 Å². The van der Waals surface area contributed by atoms with Gasteiger partial charge in [0.1, 0.15) is 29.2 Å². The van der Waals surface area contributed by atoms with Crippen LogP contribution in [-0.4, -0.2) is 52.1 Å². The summed E-state index contributed by atoms with van der Waals surface area (Å²) in [6.45, 7) is 3.31. The van der Waals surface area contributed by atoms with Crippen molar-refractivity contribution < 1.29 is 18.7 Å². The molecular formula is C26H25F2N7O2. The normalized spacial score (nSPS) is 17.9. The number of carbonyl (C=O) groups is 1. The summed E-state index contributed by atoms with van der Waals surface area (Å²) in [6.07, 6.45) is 3.93. The number of aromatic amines is 1. The molecule has 1 aliphatic carbocycles. The molecule has 11 heteroatoms. The first-order valence-electron chi connectivity index (χ1n) is 12.1. The molecule has 0 unspecified atom stereocenters. The van der Waals surface area contributed by atoms with E-state index in [1.807, 2.05) is 0 Å². The Bertz CT molecular complexity index is 1580. The summed E-state index contributed by atoms with van der Waals surface area (Å²) in [5.41, 5.74) is 0.779. The molecule has 4 aromatic rings. The number of rotatable bonds is 5. The number of carbonyl (C=O) groups excluding carboxylic acids is 1. The van der Waals surface area contributed by atoms with E-state index in [4.69, 9.17) is 0 Å². The Balaban J connectivity index is 1.40. The minimum atomic E-state index is -1.21. The van der Waals surface area contributed by atoms with Crippen LogP contribution < -0.4 is 5.32 Å². The molecular weight excluding hydrogens is 480 g/mol. The summed E-state index contributed by atoms with van der Waals surface area (Å²) in [6, 6.07) is 3.89. The van der Waals surface area contributed by atoms with Gasteiger partial charge in [-0.3, -0.25) is 9.48 Å². The van der Waals surface area contributed by atoms with Crippen LogP contribution in [0.2, 0.25) is 0 Å². The van der Waals surface area contributed by atoms with Crippen molar-refractivity contribution in [1.82, 2.24) is 34.6 Å². The molecule has 6 rings (SSSR count). The van der Waals surface area contributed by atoms with E-state index in [-0.39, 0.29) is 35.8 Å². The highest BCUT2D eigenvalue weighted by Crippen LogP contribution is 2.36. The molecule has 37 heavy (non-hydrogen) atoms. The second-order valence-electron chi connectivity index (χ2n) is 10.1. The van der Waals surface area contributed by atoms with Gasteiger partial charge in [0.25, 0.3) is 5.91 Å². The van der Waals surface area contributed by atoms with Crippen LogP contribution in [0.25, 0.3) is 11.0 Å². The molecule has 0 aromatic carbocycles. The van der Waals surface area contributed by atoms with Gasteiger partial charge >= 0.3 is 0 Å². The Kier molecular flexibility index (Phi) is 5.38. The average molecular weight is 506 g/mol. The zero-order chi connectivity index (χ0) is 25.9. The number of amides is 1.